The van der Waals surface area contributed by atoms with Crippen molar-refractivity contribution in [1.82, 2.24) is 5.32 Å². The van der Waals surface area contributed by atoms with Crippen molar-refractivity contribution in [3.8, 4) is 0 Å². The number of aliphatic carboxylic acids is 1. The number of carbonyl (C=O) groups is 2. The molecule has 0 bridgehead atoms. The molecule has 0 aliphatic rings. The number of hydrogen-bond acceptors (Lipinski definition) is 3. The van der Waals surface area contributed by atoms with E-state index in [-0.39, 0.29) is 0 Å². The van der Waals surface area contributed by atoms with Gasteiger partial charge in [-0.1, -0.05) is 30.3 Å². The molecule has 4 nitrogen and oxygen atoms in total. The molecule has 2 atom stereocenters. The summed E-state index contributed by atoms with van der Waals surface area (Å²) < 4.78 is 24.5. The zero-order chi connectivity index (χ0) is 15.8. The summed E-state index contributed by atoms with van der Waals surface area (Å²) in [7, 11) is 0. The summed E-state index contributed by atoms with van der Waals surface area (Å²) in [6.07, 6.45) is -3.67. The molecular formula is C14H17F2NO3S. The number of alkyl halides is 2. The maximum Gasteiger partial charge on any atom is 0.326 e. The van der Waals surface area contributed by atoms with E-state index in [4.69, 9.17) is 5.11 Å². The molecule has 0 heterocycles. The van der Waals surface area contributed by atoms with E-state index in [0.717, 1.165) is 5.56 Å². The van der Waals surface area contributed by atoms with Crippen LogP contribution in [0.15, 0.2) is 30.3 Å². The van der Waals surface area contributed by atoms with Crippen LogP contribution in [0.5, 0.6) is 0 Å². The van der Waals surface area contributed by atoms with E-state index in [9.17, 15) is 18.4 Å². The highest BCUT2D eigenvalue weighted by Crippen LogP contribution is 2.18. The number of carboxylic acids is 1. The molecule has 1 rings (SSSR count). The smallest absolute Gasteiger partial charge is 0.326 e. The first-order chi connectivity index (χ1) is 9.90. The second-order valence-corrected chi connectivity index (χ2v) is 5.79. The van der Waals surface area contributed by atoms with Gasteiger partial charge in [0.1, 0.15) is 6.04 Å². The Morgan fingerprint density at radius 2 is 1.90 bits per heavy atom. The van der Waals surface area contributed by atoms with Gasteiger partial charge in [-0.3, -0.25) is 4.79 Å². The molecule has 0 radical (unpaired) electrons. The first kappa shape index (κ1) is 17.4. The van der Waals surface area contributed by atoms with E-state index < -0.39 is 36.0 Å². The molecule has 2 unspecified atom stereocenters. The second kappa shape index (κ2) is 8.61. The van der Waals surface area contributed by atoms with Gasteiger partial charge in [-0.25, -0.2) is 13.6 Å². The number of halogens is 2. The van der Waals surface area contributed by atoms with Crippen LogP contribution in [-0.4, -0.2) is 34.7 Å². The fourth-order valence-corrected chi connectivity index (χ4v) is 2.41. The van der Waals surface area contributed by atoms with Gasteiger partial charge in [-0.05, 0) is 12.5 Å². The topological polar surface area (TPSA) is 66.4 Å². The zero-order valence-corrected chi connectivity index (χ0v) is 12.3. The number of thioether (sulfide) groups is 1. The lowest BCUT2D eigenvalue weighted by Crippen LogP contribution is -2.45. The molecule has 7 heteroatoms. The van der Waals surface area contributed by atoms with Gasteiger partial charge in [0.2, 0.25) is 12.3 Å². The Morgan fingerprint density at radius 3 is 2.43 bits per heavy atom. The summed E-state index contributed by atoms with van der Waals surface area (Å²) in [4.78, 5) is 22.6. The van der Waals surface area contributed by atoms with E-state index in [0.29, 0.717) is 5.75 Å². The van der Waals surface area contributed by atoms with Crippen LogP contribution in [0.2, 0.25) is 0 Å². The summed E-state index contributed by atoms with van der Waals surface area (Å²) in [5.41, 5.74) is 1.03. The summed E-state index contributed by atoms with van der Waals surface area (Å²) >= 11 is 1.32. The molecule has 21 heavy (non-hydrogen) atoms. The maximum absolute atomic E-state index is 12.2. The highest BCUT2D eigenvalue weighted by Gasteiger charge is 2.26. The highest BCUT2D eigenvalue weighted by atomic mass is 32.2. The predicted octanol–water partition coefficient (Wildman–Crippen LogP) is 2.53. The Morgan fingerprint density at radius 1 is 1.29 bits per heavy atom. The number of carboxylic acid groups (broad SMARTS) is 1. The normalized spacial score (nSPS) is 13.7. The molecule has 0 aliphatic carbocycles. The van der Waals surface area contributed by atoms with Gasteiger partial charge in [0.15, 0.2) is 0 Å². The van der Waals surface area contributed by atoms with Crippen LogP contribution in [0.4, 0.5) is 8.78 Å². The Hall–Kier alpha value is -1.63. The minimum atomic E-state index is -2.78. The fraction of sp³-hybridized carbons (Fsp3) is 0.429. The number of benzene rings is 1. The van der Waals surface area contributed by atoms with Crippen LogP contribution in [0.3, 0.4) is 0 Å². The number of carbonyl (C=O) groups excluding carboxylic acids is 1. The van der Waals surface area contributed by atoms with E-state index in [1.165, 1.54) is 11.8 Å². The molecule has 0 fully saturated rings. The van der Waals surface area contributed by atoms with Crippen LogP contribution in [0.25, 0.3) is 0 Å². The molecule has 1 aromatic rings. The molecule has 1 aromatic carbocycles. The van der Waals surface area contributed by atoms with Gasteiger partial charge in [0.05, 0.1) is 5.25 Å². The van der Waals surface area contributed by atoms with Crippen molar-refractivity contribution in [3.05, 3.63) is 35.9 Å². The minimum Gasteiger partial charge on any atom is -0.480 e. The quantitative estimate of drug-likeness (QED) is 0.773. The van der Waals surface area contributed by atoms with Crippen LogP contribution in [0.1, 0.15) is 18.9 Å². The molecule has 116 valence electrons. The lowest BCUT2D eigenvalue weighted by molar-refractivity contribution is -0.142. The standard InChI is InChI=1S/C14H17F2NO3S/c1-9(21-8-10-5-3-2-4-6-10)13(18)17-11(14(19)20)7-12(15)16/h2-6,9,11-12H,7-8H2,1H3,(H,17,18)(H,19,20). The van der Waals surface area contributed by atoms with Gasteiger partial charge in [0.25, 0.3) is 0 Å². The first-order valence-corrected chi connectivity index (χ1v) is 7.42. The third-order valence-corrected chi connectivity index (χ3v) is 3.95. The average molecular weight is 317 g/mol. The lowest BCUT2D eigenvalue weighted by atomic mass is 10.2. The van der Waals surface area contributed by atoms with Gasteiger partial charge in [0, 0.05) is 12.2 Å². The van der Waals surface area contributed by atoms with Crippen molar-refractivity contribution >= 4 is 23.6 Å². The average Bonchev–Trinajstić information content (AvgIpc) is 2.44. The zero-order valence-electron chi connectivity index (χ0n) is 11.5. The molecule has 2 N–H and O–H groups in total. The van der Waals surface area contributed by atoms with Gasteiger partial charge in [-0.2, -0.15) is 0 Å². The van der Waals surface area contributed by atoms with Crippen LogP contribution in [0, 0.1) is 0 Å². The number of hydrogen-bond donors (Lipinski definition) is 2. The molecule has 0 aromatic heterocycles. The van der Waals surface area contributed by atoms with Gasteiger partial charge >= 0.3 is 5.97 Å². The molecule has 0 saturated carbocycles. The lowest BCUT2D eigenvalue weighted by Gasteiger charge is -2.17. The molecule has 0 saturated heterocycles. The summed E-state index contributed by atoms with van der Waals surface area (Å²) in [5.74, 6) is -1.42. The van der Waals surface area contributed by atoms with E-state index in [1.807, 2.05) is 30.3 Å². The monoisotopic (exact) mass is 317 g/mol. The largest absolute Gasteiger partial charge is 0.480 e. The van der Waals surface area contributed by atoms with Crippen molar-refractivity contribution < 1.29 is 23.5 Å². The van der Waals surface area contributed by atoms with Gasteiger partial charge in [-0.15, -0.1) is 11.8 Å². The SMILES string of the molecule is CC(SCc1ccccc1)C(=O)NC(CC(F)F)C(=O)O. The highest BCUT2D eigenvalue weighted by molar-refractivity contribution is 7.99. The summed E-state index contributed by atoms with van der Waals surface area (Å²) in [6, 6.07) is 7.90. The summed E-state index contributed by atoms with van der Waals surface area (Å²) in [6.45, 7) is 1.62. The summed E-state index contributed by atoms with van der Waals surface area (Å²) in [5, 5.41) is 10.4. The Kier molecular flexibility index (Phi) is 7.14. The minimum absolute atomic E-state index is 0.523. The number of nitrogens with one attached hydrogen (secondary N) is 1. The van der Waals surface area contributed by atoms with Crippen LogP contribution >= 0.6 is 11.8 Å². The van der Waals surface area contributed by atoms with E-state index in [2.05, 4.69) is 5.32 Å². The van der Waals surface area contributed by atoms with Crippen LogP contribution < -0.4 is 5.32 Å². The fourth-order valence-electron chi connectivity index (χ4n) is 1.56. The number of amides is 1. The predicted molar refractivity (Wildman–Crippen MR) is 77.4 cm³/mol. The molecule has 0 spiro atoms. The van der Waals surface area contributed by atoms with Crippen LogP contribution in [-0.2, 0) is 15.3 Å². The first-order valence-electron chi connectivity index (χ1n) is 6.37. The van der Waals surface area contributed by atoms with Crippen molar-refractivity contribution in [2.24, 2.45) is 0 Å². The van der Waals surface area contributed by atoms with Crippen molar-refractivity contribution in [1.29, 1.82) is 0 Å². The third kappa shape index (κ3) is 6.57. The van der Waals surface area contributed by atoms with Crippen molar-refractivity contribution in [2.75, 3.05) is 0 Å². The maximum atomic E-state index is 12.2. The Labute approximate surface area is 125 Å². The number of rotatable bonds is 8. The second-order valence-electron chi connectivity index (χ2n) is 4.47. The Balaban J connectivity index is 2.47. The van der Waals surface area contributed by atoms with E-state index in [1.54, 1.807) is 6.92 Å². The van der Waals surface area contributed by atoms with E-state index >= 15 is 0 Å². The third-order valence-electron chi connectivity index (χ3n) is 2.74. The van der Waals surface area contributed by atoms with Gasteiger partial charge < -0.3 is 10.4 Å². The molecule has 0 aliphatic heterocycles. The Bertz CT molecular complexity index is 471. The molecular weight excluding hydrogens is 300 g/mol. The van der Waals surface area contributed by atoms with Crippen molar-refractivity contribution in [3.63, 3.8) is 0 Å². The van der Waals surface area contributed by atoms with Crippen molar-refractivity contribution in [2.45, 2.75) is 36.8 Å². The molecule has 1 amide bonds.